The highest BCUT2D eigenvalue weighted by Crippen LogP contribution is 2.64. The third kappa shape index (κ3) is 5.82. The van der Waals surface area contributed by atoms with E-state index in [0.717, 1.165) is 72.3 Å². The number of aromatic nitrogens is 5. The Kier molecular flexibility index (Phi) is 8.80. The molecule has 15 rings (SSSR count). The van der Waals surface area contributed by atoms with Gasteiger partial charge in [0.1, 0.15) is 0 Å². The highest BCUT2D eigenvalue weighted by atomic mass is 15.0. The Morgan fingerprint density at radius 3 is 1.39 bits per heavy atom. The molecule has 0 unspecified atom stereocenters. The number of pyridine rings is 1. The molecule has 13 aromatic rings. The summed E-state index contributed by atoms with van der Waals surface area (Å²) in [6.07, 6.45) is 0. The van der Waals surface area contributed by atoms with E-state index in [-0.39, 0.29) is 0 Å². The third-order valence-electron chi connectivity index (χ3n) is 15.1. The normalized spacial score (nSPS) is 12.8. The Balaban J connectivity index is 0.930. The molecule has 2 aliphatic rings. The van der Waals surface area contributed by atoms with Crippen molar-refractivity contribution in [1.29, 1.82) is 0 Å². The molecular formula is C67H41N5. The van der Waals surface area contributed by atoms with Crippen molar-refractivity contribution in [1.82, 2.24) is 24.5 Å². The molecule has 72 heavy (non-hydrogen) atoms. The SMILES string of the molecule is c1ccc(-c2nc(-c3ccccc3)nc(-c3ccc(-c4cccc5c4c4cc(-c6nc7c(c8ccccc68)C6(c8ccccc8-c8ccccc86)c6ccccc6-7)ccc4n5-c4ccccc4)cc3)n2)cc1. The number of rotatable bonds is 6. The van der Waals surface area contributed by atoms with Crippen molar-refractivity contribution >= 4 is 32.6 Å². The molecule has 0 radical (unpaired) electrons. The predicted octanol–water partition coefficient (Wildman–Crippen LogP) is 16.2. The summed E-state index contributed by atoms with van der Waals surface area (Å²) in [6.45, 7) is 0. The number of fused-ring (bicyclic) bond motifs is 15. The quantitative estimate of drug-likeness (QED) is 0.167. The summed E-state index contributed by atoms with van der Waals surface area (Å²) in [4.78, 5) is 20.9. The van der Waals surface area contributed by atoms with Crippen molar-refractivity contribution in [2.24, 2.45) is 0 Å². The first kappa shape index (κ1) is 40.3. The second-order valence-electron chi connectivity index (χ2n) is 18.8. The average Bonchev–Trinajstić information content (AvgIpc) is 4.07. The van der Waals surface area contributed by atoms with Crippen LogP contribution >= 0.6 is 0 Å². The zero-order valence-corrected chi connectivity index (χ0v) is 38.9. The van der Waals surface area contributed by atoms with Gasteiger partial charge in [0, 0.05) is 55.2 Å². The van der Waals surface area contributed by atoms with Crippen LogP contribution in [0.2, 0.25) is 0 Å². The molecule has 0 fully saturated rings. The largest absolute Gasteiger partial charge is 0.309 e. The first-order valence-electron chi connectivity index (χ1n) is 24.6. The van der Waals surface area contributed by atoms with Crippen LogP contribution in [0.3, 0.4) is 0 Å². The lowest BCUT2D eigenvalue weighted by atomic mass is 9.69. The molecule has 0 amide bonds. The average molecular weight is 916 g/mol. The molecule has 2 aliphatic carbocycles. The molecule has 0 saturated carbocycles. The minimum atomic E-state index is -0.500. The maximum absolute atomic E-state index is 5.86. The van der Waals surface area contributed by atoms with E-state index in [1.54, 1.807) is 0 Å². The van der Waals surface area contributed by atoms with Gasteiger partial charge >= 0.3 is 0 Å². The maximum atomic E-state index is 5.86. The number of para-hydroxylation sites is 1. The highest BCUT2D eigenvalue weighted by Gasteiger charge is 2.53. The Bertz CT molecular complexity index is 4210. The van der Waals surface area contributed by atoms with E-state index in [0.29, 0.717) is 17.5 Å². The molecule has 3 heterocycles. The van der Waals surface area contributed by atoms with E-state index in [1.807, 2.05) is 60.7 Å². The van der Waals surface area contributed by atoms with Gasteiger partial charge in [0.15, 0.2) is 17.5 Å². The molecule has 0 bridgehead atoms. The summed E-state index contributed by atoms with van der Waals surface area (Å²) in [5.74, 6) is 1.91. The molecule has 10 aromatic carbocycles. The van der Waals surface area contributed by atoms with Crippen molar-refractivity contribution in [2.75, 3.05) is 0 Å². The smallest absolute Gasteiger partial charge is 0.164 e. The number of nitrogens with zero attached hydrogens (tertiary/aromatic N) is 5. The summed E-state index contributed by atoms with van der Waals surface area (Å²) in [5, 5.41) is 4.69. The molecule has 0 saturated heterocycles. The molecule has 0 atom stereocenters. The molecule has 0 aliphatic heterocycles. The summed E-state index contributed by atoms with van der Waals surface area (Å²) >= 11 is 0. The van der Waals surface area contributed by atoms with Gasteiger partial charge in [0.2, 0.25) is 0 Å². The van der Waals surface area contributed by atoms with E-state index in [2.05, 4.69) is 193 Å². The third-order valence-corrected chi connectivity index (χ3v) is 15.1. The van der Waals surface area contributed by atoms with Gasteiger partial charge in [-0.15, -0.1) is 0 Å². The summed E-state index contributed by atoms with van der Waals surface area (Å²) in [6, 6.07) is 89.1. The molecular weight excluding hydrogens is 875 g/mol. The lowest BCUT2D eigenvalue weighted by Gasteiger charge is -2.31. The van der Waals surface area contributed by atoms with Gasteiger partial charge < -0.3 is 4.57 Å². The first-order valence-corrected chi connectivity index (χ1v) is 24.6. The second-order valence-corrected chi connectivity index (χ2v) is 18.8. The maximum Gasteiger partial charge on any atom is 0.164 e. The second kappa shape index (κ2) is 15.7. The Hall–Kier alpha value is -9.58. The van der Waals surface area contributed by atoms with Crippen LogP contribution in [0.25, 0.3) is 117 Å². The fourth-order valence-electron chi connectivity index (χ4n) is 12.1. The van der Waals surface area contributed by atoms with E-state index < -0.39 is 5.41 Å². The van der Waals surface area contributed by atoms with E-state index in [4.69, 9.17) is 19.9 Å². The molecule has 5 heteroatoms. The van der Waals surface area contributed by atoms with Crippen LogP contribution in [-0.2, 0) is 5.41 Å². The molecule has 0 N–H and O–H groups in total. The van der Waals surface area contributed by atoms with Gasteiger partial charge in [-0.3, -0.25) is 0 Å². The van der Waals surface area contributed by atoms with Crippen LogP contribution in [0.5, 0.6) is 0 Å². The standard InChI is InChI=1S/C67H41N5/c1-4-19-43(20-5-1)64-69-65(44-21-6-2-7-22-44)71-66(70-64)45-37-35-42(36-38-45)48-30-18-34-59-60(48)54-41-46(39-40-58(54)72(59)47-23-8-3-9-24-47)62-52-28-11-10-27-51(52)61-63(68-62)53-29-14-17-33-57(53)67(61)55-31-15-12-25-49(55)50-26-13-16-32-56(50)67/h1-41H. The zero-order valence-electron chi connectivity index (χ0n) is 38.9. The van der Waals surface area contributed by atoms with Crippen LogP contribution in [0.15, 0.2) is 249 Å². The van der Waals surface area contributed by atoms with Crippen molar-refractivity contribution in [2.45, 2.75) is 5.41 Å². The predicted molar refractivity (Wildman–Crippen MR) is 293 cm³/mol. The first-order chi connectivity index (χ1) is 35.7. The van der Waals surface area contributed by atoms with Gasteiger partial charge in [-0.2, -0.15) is 0 Å². The number of hydrogen-bond acceptors (Lipinski definition) is 4. The molecule has 5 nitrogen and oxygen atoms in total. The van der Waals surface area contributed by atoms with Gasteiger partial charge in [-0.05, 0) is 74.7 Å². The summed E-state index contributed by atoms with van der Waals surface area (Å²) in [5.41, 5.74) is 19.9. The van der Waals surface area contributed by atoms with Crippen LogP contribution < -0.4 is 0 Å². The van der Waals surface area contributed by atoms with E-state index >= 15 is 0 Å². The lowest BCUT2D eigenvalue weighted by Crippen LogP contribution is -2.26. The van der Waals surface area contributed by atoms with Gasteiger partial charge in [0.05, 0.1) is 27.8 Å². The summed E-state index contributed by atoms with van der Waals surface area (Å²) < 4.78 is 2.40. The van der Waals surface area contributed by atoms with Crippen molar-refractivity contribution < 1.29 is 0 Å². The fourth-order valence-corrected chi connectivity index (χ4v) is 12.1. The van der Waals surface area contributed by atoms with E-state index in [1.165, 1.54) is 49.7 Å². The molecule has 334 valence electrons. The van der Waals surface area contributed by atoms with Crippen LogP contribution in [0.4, 0.5) is 0 Å². The number of hydrogen-bond donors (Lipinski definition) is 0. The van der Waals surface area contributed by atoms with Crippen LogP contribution in [0.1, 0.15) is 22.3 Å². The minimum absolute atomic E-state index is 0.500. The van der Waals surface area contributed by atoms with Gasteiger partial charge in [0.25, 0.3) is 0 Å². The monoisotopic (exact) mass is 915 g/mol. The van der Waals surface area contributed by atoms with Crippen molar-refractivity contribution in [3.63, 3.8) is 0 Å². The molecule has 3 aromatic heterocycles. The van der Waals surface area contributed by atoms with Crippen LogP contribution in [0, 0.1) is 0 Å². The number of benzene rings is 10. The van der Waals surface area contributed by atoms with Gasteiger partial charge in [-0.25, -0.2) is 19.9 Å². The van der Waals surface area contributed by atoms with Crippen LogP contribution in [-0.4, -0.2) is 24.5 Å². The van der Waals surface area contributed by atoms with Gasteiger partial charge in [-0.1, -0.05) is 218 Å². The van der Waals surface area contributed by atoms with Crippen molar-refractivity contribution in [3.8, 4) is 84.6 Å². The molecule has 1 spiro atoms. The topological polar surface area (TPSA) is 56.5 Å². The Labute approximate surface area is 416 Å². The summed E-state index contributed by atoms with van der Waals surface area (Å²) in [7, 11) is 0. The van der Waals surface area contributed by atoms with Crippen molar-refractivity contribution in [3.05, 3.63) is 271 Å². The lowest BCUT2D eigenvalue weighted by molar-refractivity contribution is 0.799. The Morgan fingerprint density at radius 1 is 0.292 bits per heavy atom. The Morgan fingerprint density at radius 2 is 0.764 bits per heavy atom. The highest BCUT2D eigenvalue weighted by molar-refractivity contribution is 6.17. The zero-order chi connectivity index (χ0) is 47.3. The van der Waals surface area contributed by atoms with E-state index in [9.17, 15) is 0 Å². The minimum Gasteiger partial charge on any atom is -0.309 e. The fraction of sp³-hybridized carbons (Fsp3) is 0.0149.